The Hall–Kier alpha value is -2.69. The Kier molecular flexibility index (Phi) is 7.80. The Morgan fingerprint density at radius 2 is 1.68 bits per heavy atom. The molecule has 2 aromatic rings. The Bertz CT molecular complexity index is 1270. The topological polar surface area (TPSA) is 132 Å². The van der Waals surface area contributed by atoms with Gasteiger partial charge in [0.25, 0.3) is 5.91 Å². The number of pyridine rings is 1. The third kappa shape index (κ3) is 6.65. The van der Waals surface area contributed by atoms with E-state index in [0.29, 0.717) is 28.3 Å². The molecule has 0 unspecified atom stereocenters. The molecule has 1 amide bonds. The lowest BCUT2D eigenvalue weighted by molar-refractivity contribution is 0.102. The molecule has 1 aromatic heterocycles. The standard InChI is InChI=1S/C28H40N4O5S/c1-26(2,3)19-38(36,37)21-7-5-6-20(16-21)29-25(35)22-8-9-23(31-27(4,17-33)18-34)30-24(22)32-14-12-28(10-11-28)13-15-32/h5-9,16,33-34H,10-15,17-19H2,1-4H3,(H,29,35)(H,30,31). The SMILES string of the molecule is CC(C)(C)CS(=O)(=O)c1cccc(NC(=O)c2ccc(NC(C)(CO)CO)nc2N2CCC3(CC2)CC3)c1. The average Bonchev–Trinajstić information content (AvgIpc) is 3.61. The maximum atomic E-state index is 13.5. The van der Waals surface area contributed by atoms with E-state index in [1.54, 1.807) is 37.3 Å². The highest BCUT2D eigenvalue weighted by Crippen LogP contribution is 2.54. The molecule has 1 aliphatic heterocycles. The van der Waals surface area contributed by atoms with Gasteiger partial charge in [0.2, 0.25) is 0 Å². The van der Waals surface area contributed by atoms with E-state index in [2.05, 4.69) is 15.5 Å². The number of hydrogen-bond acceptors (Lipinski definition) is 8. The summed E-state index contributed by atoms with van der Waals surface area (Å²) in [6.07, 6.45) is 4.60. The van der Waals surface area contributed by atoms with Crippen molar-refractivity contribution in [3.05, 3.63) is 42.0 Å². The third-order valence-electron chi connectivity index (χ3n) is 7.40. The molecule has 2 aliphatic rings. The van der Waals surface area contributed by atoms with Crippen LogP contribution in [0.25, 0.3) is 0 Å². The first-order chi connectivity index (χ1) is 17.8. The number of aliphatic hydroxyl groups excluding tert-OH is 2. The molecule has 1 aromatic carbocycles. The molecule has 2 heterocycles. The van der Waals surface area contributed by atoms with Gasteiger partial charge in [-0.05, 0) is 73.8 Å². The molecule has 10 heteroatoms. The van der Waals surface area contributed by atoms with E-state index >= 15 is 0 Å². The van der Waals surface area contributed by atoms with Gasteiger partial charge in [-0.25, -0.2) is 13.4 Å². The molecule has 1 saturated carbocycles. The molecule has 9 nitrogen and oxygen atoms in total. The van der Waals surface area contributed by atoms with Gasteiger partial charge in [0.05, 0.1) is 35.0 Å². The van der Waals surface area contributed by atoms with Crippen LogP contribution in [0.1, 0.15) is 63.7 Å². The summed E-state index contributed by atoms with van der Waals surface area (Å²) in [5.41, 5.74) is -0.154. The van der Waals surface area contributed by atoms with Crippen molar-refractivity contribution in [2.24, 2.45) is 10.8 Å². The van der Waals surface area contributed by atoms with Gasteiger partial charge in [0, 0.05) is 18.8 Å². The lowest BCUT2D eigenvalue weighted by Crippen LogP contribution is -2.43. The molecule has 1 spiro atoms. The molecule has 4 rings (SSSR count). The minimum Gasteiger partial charge on any atom is -0.394 e. The number of carbonyl (C=O) groups is 1. The van der Waals surface area contributed by atoms with E-state index in [1.165, 1.54) is 18.9 Å². The largest absolute Gasteiger partial charge is 0.394 e. The summed E-state index contributed by atoms with van der Waals surface area (Å²) in [7, 11) is -3.52. The second-order valence-corrected chi connectivity index (χ2v) is 14.3. The molecule has 0 radical (unpaired) electrons. The maximum Gasteiger partial charge on any atom is 0.259 e. The Labute approximate surface area is 225 Å². The number of carbonyl (C=O) groups excluding carboxylic acids is 1. The summed E-state index contributed by atoms with van der Waals surface area (Å²) in [6, 6.07) is 9.67. The first kappa shape index (κ1) is 28.3. The predicted octanol–water partition coefficient (Wildman–Crippen LogP) is 3.69. The number of piperidine rings is 1. The fourth-order valence-corrected chi connectivity index (χ4v) is 6.76. The van der Waals surface area contributed by atoms with Crippen molar-refractivity contribution in [3.8, 4) is 0 Å². The number of amides is 1. The Balaban J connectivity index is 1.61. The van der Waals surface area contributed by atoms with Crippen LogP contribution in [0.3, 0.4) is 0 Å². The molecule has 4 N–H and O–H groups in total. The number of hydrogen-bond donors (Lipinski definition) is 4. The quantitative estimate of drug-likeness (QED) is 0.376. The van der Waals surface area contributed by atoms with Gasteiger partial charge in [0.15, 0.2) is 9.84 Å². The number of nitrogens with zero attached hydrogens (tertiary/aromatic N) is 2. The van der Waals surface area contributed by atoms with Gasteiger partial charge in [-0.1, -0.05) is 26.8 Å². The maximum absolute atomic E-state index is 13.5. The molecule has 1 aliphatic carbocycles. The number of benzene rings is 1. The smallest absolute Gasteiger partial charge is 0.259 e. The average molecular weight is 545 g/mol. The summed E-state index contributed by atoms with van der Waals surface area (Å²) in [5.74, 6) is 0.585. The molecular weight excluding hydrogens is 504 g/mol. The normalized spacial score (nSPS) is 17.4. The van der Waals surface area contributed by atoms with Gasteiger partial charge < -0.3 is 25.7 Å². The fraction of sp³-hybridized carbons (Fsp3) is 0.571. The van der Waals surface area contributed by atoms with Crippen molar-refractivity contribution in [1.29, 1.82) is 0 Å². The Morgan fingerprint density at radius 3 is 2.26 bits per heavy atom. The van der Waals surface area contributed by atoms with Gasteiger partial charge in [-0.15, -0.1) is 0 Å². The van der Waals surface area contributed by atoms with Crippen molar-refractivity contribution in [1.82, 2.24) is 4.98 Å². The highest BCUT2D eigenvalue weighted by atomic mass is 32.2. The zero-order valence-electron chi connectivity index (χ0n) is 22.7. The first-order valence-corrected chi connectivity index (χ1v) is 14.8. The van der Waals surface area contributed by atoms with Crippen LogP contribution in [-0.2, 0) is 9.84 Å². The van der Waals surface area contributed by atoms with E-state index in [9.17, 15) is 23.4 Å². The van der Waals surface area contributed by atoms with Crippen LogP contribution in [-0.4, -0.2) is 67.1 Å². The predicted molar refractivity (Wildman–Crippen MR) is 149 cm³/mol. The summed E-state index contributed by atoms with van der Waals surface area (Å²) < 4.78 is 25.8. The first-order valence-electron chi connectivity index (χ1n) is 13.2. The van der Waals surface area contributed by atoms with Gasteiger partial charge in [0.1, 0.15) is 11.6 Å². The van der Waals surface area contributed by atoms with E-state index in [-0.39, 0.29) is 29.8 Å². The number of rotatable bonds is 9. The summed E-state index contributed by atoms with van der Waals surface area (Å²) in [5, 5.41) is 25.4. The number of aromatic nitrogens is 1. The van der Waals surface area contributed by atoms with Crippen molar-refractivity contribution in [2.75, 3.05) is 47.6 Å². The Morgan fingerprint density at radius 1 is 1.03 bits per heavy atom. The second kappa shape index (κ2) is 10.5. The van der Waals surface area contributed by atoms with Crippen molar-refractivity contribution in [2.45, 2.75) is 63.8 Å². The lowest BCUT2D eigenvalue weighted by Gasteiger charge is -2.34. The zero-order chi connectivity index (χ0) is 27.8. The summed E-state index contributed by atoms with van der Waals surface area (Å²) in [6.45, 7) is 8.30. The van der Waals surface area contributed by atoms with E-state index < -0.39 is 20.8 Å². The van der Waals surface area contributed by atoms with Crippen LogP contribution in [0.4, 0.5) is 17.3 Å². The van der Waals surface area contributed by atoms with Gasteiger partial charge >= 0.3 is 0 Å². The van der Waals surface area contributed by atoms with Crippen LogP contribution in [0.2, 0.25) is 0 Å². The van der Waals surface area contributed by atoms with Crippen LogP contribution in [0.5, 0.6) is 0 Å². The molecule has 0 atom stereocenters. The number of anilines is 3. The third-order valence-corrected chi connectivity index (χ3v) is 9.62. The van der Waals surface area contributed by atoms with E-state index in [4.69, 9.17) is 4.98 Å². The molecule has 1 saturated heterocycles. The van der Waals surface area contributed by atoms with Gasteiger partial charge in [-0.3, -0.25) is 4.79 Å². The molecule has 0 bridgehead atoms. The highest BCUT2D eigenvalue weighted by molar-refractivity contribution is 7.91. The van der Waals surface area contributed by atoms with Crippen molar-refractivity contribution < 1.29 is 23.4 Å². The van der Waals surface area contributed by atoms with Crippen LogP contribution in [0.15, 0.2) is 41.3 Å². The van der Waals surface area contributed by atoms with E-state index in [0.717, 1.165) is 25.9 Å². The number of nitrogens with one attached hydrogen (secondary N) is 2. The second-order valence-electron chi connectivity index (χ2n) is 12.4. The fourth-order valence-electron chi connectivity index (χ4n) is 4.86. The highest BCUT2D eigenvalue weighted by Gasteiger charge is 2.45. The minimum atomic E-state index is -3.52. The number of aliphatic hydroxyl groups is 2. The van der Waals surface area contributed by atoms with E-state index in [1.807, 2.05) is 20.8 Å². The van der Waals surface area contributed by atoms with Gasteiger partial charge in [-0.2, -0.15) is 0 Å². The molecule has 2 fully saturated rings. The molecule has 208 valence electrons. The summed E-state index contributed by atoms with van der Waals surface area (Å²) in [4.78, 5) is 20.5. The lowest BCUT2D eigenvalue weighted by atomic mass is 9.93. The zero-order valence-corrected chi connectivity index (χ0v) is 23.6. The number of sulfone groups is 1. The van der Waals surface area contributed by atoms with Crippen molar-refractivity contribution >= 4 is 33.1 Å². The molecular formula is C28H40N4O5S. The van der Waals surface area contributed by atoms with Crippen LogP contribution < -0.4 is 15.5 Å². The summed E-state index contributed by atoms with van der Waals surface area (Å²) >= 11 is 0. The van der Waals surface area contributed by atoms with Crippen molar-refractivity contribution in [3.63, 3.8) is 0 Å². The van der Waals surface area contributed by atoms with Crippen LogP contribution >= 0.6 is 0 Å². The van der Waals surface area contributed by atoms with Crippen LogP contribution in [0, 0.1) is 10.8 Å². The minimum absolute atomic E-state index is 0.00300. The molecule has 38 heavy (non-hydrogen) atoms. The monoisotopic (exact) mass is 544 g/mol.